The normalized spacial score (nSPS) is 12.5. The summed E-state index contributed by atoms with van der Waals surface area (Å²) < 4.78 is 16.6. The smallest absolute Gasteiger partial charge is 0.231 e. The molecular weight excluding hydrogens is 266 g/mol. The number of hydrogen-bond acceptors (Lipinski definition) is 4. The zero-order chi connectivity index (χ0) is 14.7. The number of benzene rings is 2. The first-order valence-electron chi connectivity index (χ1n) is 7.14. The number of rotatable bonds is 5. The molecule has 21 heavy (non-hydrogen) atoms. The van der Waals surface area contributed by atoms with Crippen LogP contribution >= 0.6 is 0 Å². The molecule has 0 saturated carbocycles. The molecule has 110 valence electrons. The zero-order valence-electron chi connectivity index (χ0n) is 12.3. The summed E-state index contributed by atoms with van der Waals surface area (Å²) in [5.74, 6) is 3.10. The quantitative estimate of drug-likeness (QED) is 0.910. The summed E-state index contributed by atoms with van der Waals surface area (Å²) in [7, 11) is 0. The maximum atomic E-state index is 5.94. The van der Waals surface area contributed by atoms with Crippen molar-refractivity contribution >= 4 is 0 Å². The molecule has 1 N–H and O–H groups in total. The van der Waals surface area contributed by atoms with Gasteiger partial charge in [-0.1, -0.05) is 19.1 Å². The Bertz CT molecular complexity index is 640. The lowest BCUT2D eigenvalue weighted by atomic mass is 10.1. The number of nitrogens with one attached hydrogen (secondary N) is 1. The summed E-state index contributed by atoms with van der Waals surface area (Å²) in [6.45, 7) is 6.27. The van der Waals surface area contributed by atoms with Crippen LogP contribution in [0.2, 0.25) is 0 Å². The minimum absolute atomic E-state index is 0.275. The highest BCUT2D eigenvalue weighted by atomic mass is 16.7. The van der Waals surface area contributed by atoms with E-state index < -0.39 is 0 Å². The van der Waals surface area contributed by atoms with Gasteiger partial charge in [-0.15, -0.1) is 0 Å². The lowest BCUT2D eigenvalue weighted by Gasteiger charge is -2.11. The van der Waals surface area contributed by atoms with Gasteiger partial charge in [-0.2, -0.15) is 0 Å². The van der Waals surface area contributed by atoms with E-state index in [2.05, 4.69) is 31.3 Å². The predicted molar refractivity (Wildman–Crippen MR) is 81.2 cm³/mol. The minimum atomic E-state index is 0.275. The molecule has 0 aromatic heterocycles. The van der Waals surface area contributed by atoms with E-state index in [9.17, 15) is 0 Å². The maximum Gasteiger partial charge on any atom is 0.231 e. The van der Waals surface area contributed by atoms with Crippen LogP contribution in [0.15, 0.2) is 36.4 Å². The summed E-state index contributed by atoms with van der Waals surface area (Å²) in [5, 5.41) is 3.32. The Labute approximate surface area is 124 Å². The van der Waals surface area contributed by atoms with Gasteiger partial charge in [0, 0.05) is 12.6 Å². The third-order valence-corrected chi connectivity index (χ3v) is 3.39. The highest BCUT2D eigenvalue weighted by Gasteiger charge is 2.14. The lowest BCUT2D eigenvalue weighted by molar-refractivity contribution is 0.174. The molecule has 0 bridgehead atoms. The van der Waals surface area contributed by atoms with Gasteiger partial charge >= 0.3 is 0 Å². The summed E-state index contributed by atoms with van der Waals surface area (Å²) >= 11 is 0. The topological polar surface area (TPSA) is 39.7 Å². The fourth-order valence-electron chi connectivity index (χ4n) is 2.27. The molecule has 2 aromatic rings. The van der Waals surface area contributed by atoms with Gasteiger partial charge in [0.05, 0.1) is 0 Å². The Kier molecular flexibility index (Phi) is 3.97. The van der Waals surface area contributed by atoms with Crippen LogP contribution in [-0.2, 0) is 6.54 Å². The van der Waals surface area contributed by atoms with E-state index in [1.54, 1.807) is 0 Å². The predicted octanol–water partition coefficient (Wildman–Crippen LogP) is 3.63. The molecule has 0 spiro atoms. The average molecular weight is 285 g/mol. The summed E-state index contributed by atoms with van der Waals surface area (Å²) in [5.41, 5.74) is 2.37. The molecule has 0 saturated heterocycles. The minimum Gasteiger partial charge on any atom is -0.457 e. The first-order chi connectivity index (χ1) is 10.3. The highest BCUT2D eigenvalue weighted by molar-refractivity contribution is 5.48. The van der Waals surface area contributed by atoms with Crippen molar-refractivity contribution in [3.8, 4) is 23.0 Å². The second kappa shape index (κ2) is 6.06. The van der Waals surface area contributed by atoms with Gasteiger partial charge in [0.1, 0.15) is 11.5 Å². The molecule has 3 rings (SSSR count). The summed E-state index contributed by atoms with van der Waals surface area (Å²) in [4.78, 5) is 0. The Morgan fingerprint density at radius 3 is 2.76 bits per heavy atom. The first-order valence-corrected chi connectivity index (χ1v) is 7.14. The molecule has 1 heterocycles. The van der Waals surface area contributed by atoms with Crippen molar-refractivity contribution in [1.29, 1.82) is 0 Å². The summed E-state index contributed by atoms with van der Waals surface area (Å²) in [6.07, 6.45) is 0. The van der Waals surface area contributed by atoms with Crippen molar-refractivity contribution in [1.82, 2.24) is 5.32 Å². The number of ether oxygens (including phenoxy) is 3. The van der Waals surface area contributed by atoms with Gasteiger partial charge in [0.15, 0.2) is 11.5 Å². The SMILES string of the molecule is CCNCc1ccc(Oc2ccc3c(c2)OCO3)c(C)c1. The number of hydrogen-bond donors (Lipinski definition) is 1. The number of aryl methyl sites for hydroxylation is 1. The molecule has 0 fully saturated rings. The summed E-state index contributed by atoms with van der Waals surface area (Å²) in [6, 6.07) is 11.8. The fourth-order valence-corrected chi connectivity index (χ4v) is 2.27. The van der Waals surface area contributed by atoms with E-state index in [1.807, 2.05) is 24.3 Å². The molecule has 0 unspecified atom stereocenters. The van der Waals surface area contributed by atoms with E-state index in [1.165, 1.54) is 5.56 Å². The molecule has 1 aliphatic rings. The lowest BCUT2D eigenvalue weighted by Crippen LogP contribution is -2.11. The Hall–Kier alpha value is -2.20. The molecule has 0 atom stereocenters. The highest BCUT2D eigenvalue weighted by Crippen LogP contribution is 2.37. The van der Waals surface area contributed by atoms with E-state index in [0.29, 0.717) is 0 Å². The van der Waals surface area contributed by atoms with Crippen LogP contribution in [0.5, 0.6) is 23.0 Å². The van der Waals surface area contributed by atoms with Crippen molar-refractivity contribution in [2.75, 3.05) is 13.3 Å². The van der Waals surface area contributed by atoms with Crippen LogP contribution in [0.4, 0.5) is 0 Å². The van der Waals surface area contributed by atoms with E-state index in [-0.39, 0.29) is 6.79 Å². The van der Waals surface area contributed by atoms with Crippen molar-refractivity contribution in [3.63, 3.8) is 0 Å². The van der Waals surface area contributed by atoms with E-state index >= 15 is 0 Å². The largest absolute Gasteiger partial charge is 0.457 e. The monoisotopic (exact) mass is 285 g/mol. The molecule has 0 aliphatic carbocycles. The maximum absolute atomic E-state index is 5.94. The second-order valence-electron chi connectivity index (χ2n) is 5.00. The molecular formula is C17H19NO3. The third-order valence-electron chi connectivity index (χ3n) is 3.39. The standard InChI is InChI=1S/C17H19NO3/c1-3-18-10-13-4-6-15(12(2)8-13)21-14-5-7-16-17(9-14)20-11-19-16/h4-9,18H,3,10-11H2,1-2H3. The Morgan fingerprint density at radius 2 is 1.95 bits per heavy atom. The number of fused-ring (bicyclic) bond motifs is 1. The second-order valence-corrected chi connectivity index (χ2v) is 5.00. The molecule has 0 radical (unpaired) electrons. The third kappa shape index (κ3) is 3.11. The van der Waals surface area contributed by atoms with Crippen molar-refractivity contribution in [2.45, 2.75) is 20.4 Å². The van der Waals surface area contributed by atoms with Crippen molar-refractivity contribution in [3.05, 3.63) is 47.5 Å². The van der Waals surface area contributed by atoms with Crippen molar-refractivity contribution < 1.29 is 14.2 Å². The van der Waals surface area contributed by atoms with Gasteiger partial charge in [0.25, 0.3) is 0 Å². The van der Waals surface area contributed by atoms with Gasteiger partial charge in [-0.05, 0) is 42.8 Å². The Balaban J connectivity index is 1.75. The molecule has 4 nitrogen and oxygen atoms in total. The van der Waals surface area contributed by atoms with Crippen LogP contribution in [0.25, 0.3) is 0 Å². The van der Waals surface area contributed by atoms with E-state index in [4.69, 9.17) is 14.2 Å². The van der Waals surface area contributed by atoms with Crippen LogP contribution in [0, 0.1) is 6.92 Å². The van der Waals surface area contributed by atoms with E-state index in [0.717, 1.165) is 41.7 Å². The van der Waals surface area contributed by atoms with Crippen LogP contribution in [-0.4, -0.2) is 13.3 Å². The van der Waals surface area contributed by atoms with Crippen molar-refractivity contribution in [2.24, 2.45) is 0 Å². The first kappa shape index (κ1) is 13.8. The molecule has 1 aliphatic heterocycles. The van der Waals surface area contributed by atoms with Gasteiger partial charge in [-0.25, -0.2) is 0 Å². The average Bonchev–Trinajstić information content (AvgIpc) is 2.95. The fraction of sp³-hybridized carbons (Fsp3) is 0.294. The molecule has 2 aromatic carbocycles. The van der Waals surface area contributed by atoms with Crippen LogP contribution in [0.3, 0.4) is 0 Å². The molecule has 0 amide bonds. The Morgan fingerprint density at radius 1 is 1.10 bits per heavy atom. The van der Waals surface area contributed by atoms with Gasteiger partial charge in [0.2, 0.25) is 6.79 Å². The van der Waals surface area contributed by atoms with Crippen LogP contribution in [0.1, 0.15) is 18.1 Å². The van der Waals surface area contributed by atoms with Gasteiger partial charge < -0.3 is 19.5 Å². The molecule has 4 heteroatoms. The van der Waals surface area contributed by atoms with Crippen LogP contribution < -0.4 is 19.5 Å². The van der Waals surface area contributed by atoms with Gasteiger partial charge in [-0.3, -0.25) is 0 Å². The zero-order valence-corrected chi connectivity index (χ0v) is 12.3.